The van der Waals surface area contributed by atoms with Crippen LogP contribution >= 0.6 is 0 Å². The van der Waals surface area contributed by atoms with Crippen molar-refractivity contribution in [3.05, 3.63) is 36.4 Å². The topological polar surface area (TPSA) is 26.3 Å². The highest BCUT2D eigenvalue weighted by molar-refractivity contribution is 5.72. The van der Waals surface area contributed by atoms with Crippen molar-refractivity contribution in [2.45, 2.75) is 19.8 Å². The lowest BCUT2D eigenvalue weighted by Gasteiger charge is -2.03. The first-order valence-corrected chi connectivity index (χ1v) is 4.69. The third-order valence-corrected chi connectivity index (χ3v) is 1.78. The van der Waals surface area contributed by atoms with Gasteiger partial charge in [0.2, 0.25) is 0 Å². The van der Waals surface area contributed by atoms with E-state index in [-0.39, 0.29) is 5.97 Å². The number of hydrogen-bond acceptors (Lipinski definition) is 2. The summed E-state index contributed by atoms with van der Waals surface area (Å²) in [6.07, 6.45) is 2.98. The van der Waals surface area contributed by atoms with Gasteiger partial charge >= 0.3 is 5.97 Å². The molecule has 0 aliphatic heterocycles. The van der Waals surface area contributed by atoms with E-state index in [1.54, 1.807) is 18.2 Å². The Hall–Kier alpha value is -1.57. The second-order valence-corrected chi connectivity index (χ2v) is 3.00. The van der Waals surface area contributed by atoms with Gasteiger partial charge in [0, 0.05) is 6.42 Å². The lowest BCUT2D eigenvalue weighted by atomic mass is 10.2. The summed E-state index contributed by atoms with van der Waals surface area (Å²) in [6, 6.07) is 7.30. The Morgan fingerprint density at radius 3 is 3.00 bits per heavy atom. The molecule has 0 aliphatic rings. The molecule has 0 unspecified atom stereocenters. The van der Waals surface area contributed by atoms with E-state index in [9.17, 15) is 4.79 Å². The van der Waals surface area contributed by atoms with Crippen LogP contribution in [0.25, 0.3) is 6.08 Å². The summed E-state index contributed by atoms with van der Waals surface area (Å²) in [6.45, 7) is 5.59. The highest BCUT2D eigenvalue weighted by atomic mass is 16.5. The normalized spacial score (nSPS) is 9.50. The summed E-state index contributed by atoms with van der Waals surface area (Å²) in [5.74, 6) is 0.398. The van der Waals surface area contributed by atoms with Gasteiger partial charge in [0.1, 0.15) is 5.75 Å². The predicted molar refractivity (Wildman–Crippen MR) is 57.1 cm³/mol. The minimum Gasteiger partial charge on any atom is -0.427 e. The van der Waals surface area contributed by atoms with Crippen molar-refractivity contribution < 1.29 is 9.53 Å². The van der Waals surface area contributed by atoms with Gasteiger partial charge in [-0.25, -0.2) is 0 Å². The van der Waals surface area contributed by atoms with Gasteiger partial charge in [-0.1, -0.05) is 31.7 Å². The fourth-order valence-corrected chi connectivity index (χ4v) is 1.09. The van der Waals surface area contributed by atoms with Gasteiger partial charge in [-0.2, -0.15) is 0 Å². The van der Waals surface area contributed by atoms with Crippen LogP contribution in [0.3, 0.4) is 0 Å². The molecular weight excluding hydrogens is 176 g/mol. The van der Waals surface area contributed by atoms with Crippen LogP contribution in [-0.2, 0) is 4.79 Å². The zero-order chi connectivity index (χ0) is 10.4. The van der Waals surface area contributed by atoms with Crippen molar-refractivity contribution in [2.24, 2.45) is 0 Å². The van der Waals surface area contributed by atoms with Gasteiger partial charge in [0.15, 0.2) is 0 Å². The van der Waals surface area contributed by atoms with Crippen LogP contribution in [0.4, 0.5) is 0 Å². The molecule has 74 valence electrons. The Labute approximate surface area is 84.2 Å². The lowest BCUT2D eigenvalue weighted by molar-refractivity contribution is -0.134. The average molecular weight is 190 g/mol. The van der Waals surface area contributed by atoms with Crippen LogP contribution in [0.1, 0.15) is 25.3 Å². The number of ether oxygens (including phenoxy) is 1. The summed E-state index contributed by atoms with van der Waals surface area (Å²) in [7, 11) is 0. The molecule has 1 aromatic carbocycles. The minimum absolute atomic E-state index is 0.186. The number of hydrogen-bond donors (Lipinski definition) is 0. The summed E-state index contributed by atoms with van der Waals surface area (Å²) >= 11 is 0. The molecule has 0 aromatic heterocycles. The van der Waals surface area contributed by atoms with E-state index in [0.717, 1.165) is 12.0 Å². The summed E-state index contributed by atoms with van der Waals surface area (Å²) in [5.41, 5.74) is 0.951. The van der Waals surface area contributed by atoms with Crippen LogP contribution in [0.15, 0.2) is 30.8 Å². The monoisotopic (exact) mass is 190 g/mol. The van der Waals surface area contributed by atoms with Gasteiger partial charge < -0.3 is 4.74 Å². The molecule has 0 amide bonds. The second kappa shape index (κ2) is 5.22. The second-order valence-electron chi connectivity index (χ2n) is 3.00. The molecule has 0 saturated carbocycles. The molecule has 2 heteroatoms. The Kier molecular flexibility index (Phi) is 3.92. The molecule has 0 radical (unpaired) electrons. The molecule has 1 aromatic rings. The molecule has 2 nitrogen and oxygen atoms in total. The molecule has 0 saturated heterocycles. The van der Waals surface area contributed by atoms with E-state index in [0.29, 0.717) is 12.2 Å². The lowest BCUT2D eigenvalue weighted by Crippen LogP contribution is -2.06. The maximum atomic E-state index is 11.2. The van der Waals surface area contributed by atoms with Crippen molar-refractivity contribution in [3.63, 3.8) is 0 Å². The molecule has 0 atom stereocenters. The van der Waals surface area contributed by atoms with E-state index < -0.39 is 0 Å². The van der Waals surface area contributed by atoms with Gasteiger partial charge in [0.05, 0.1) is 0 Å². The first-order valence-electron chi connectivity index (χ1n) is 4.69. The van der Waals surface area contributed by atoms with E-state index in [2.05, 4.69) is 6.58 Å². The van der Waals surface area contributed by atoms with Crippen LogP contribution < -0.4 is 4.74 Å². The fourth-order valence-electron chi connectivity index (χ4n) is 1.09. The summed E-state index contributed by atoms with van der Waals surface area (Å²) < 4.78 is 5.11. The number of esters is 1. The molecule has 0 spiro atoms. The number of carbonyl (C=O) groups excluding carboxylic acids is 1. The Morgan fingerprint density at radius 1 is 1.57 bits per heavy atom. The molecule has 0 bridgehead atoms. The van der Waals surface area contributed by atoms with E-state index in [1.165, 1.54) is 0 Å². The van der Waals surface area contributed by atoms with Crippen molar-refractivity contribution in [1.82, 2.24) is 0 Å². The third-order valence-electron chi connectivity index (χ3n) is 1.78. The van der Waals surface area contributed by atoms with Crippen LogP contribution in [-0.4, -0.2) is 5.97 Å². The molecule has 0 heterocycles. The van der Waals surface area contributed by atoms with Gasteiger partial charge in [-0.15, -0.1) is 0 Å². The molecule has 1 rings (SSSR count). The van der Waals surface area contributed by atoms with Crippen molar-refractivity contribution >= 4 is 12.0 Å². The first-order chi connectivity index (χ1) is 6.76. The van der Waals surface area contributed by atoms with Crippen molar-refractivity contribution in [2.75, 3.05) is 0 Å². The smallest absolute Gasteiger partial charge is 0.311 e. The average Bonchev–Trinajstić information content (AvgIpc) is 2.18. The van der Waals surface area contributed by atoms with Crippen molar-refractivity contribution in [1.29, 1.82) is 0 Å². The predicted octanol–water partition coefficient (Wildman–Crippen LogP) is 3.04. The molecule has 14 heavy (non-hydrogen) atoms. The van der Waals surface area contributed by atoms with E-state index in [4.69, 9.17) is 4.74 Å². The minimum atomic E-state index is -0.186. The Balaban J connectivity index is 2.66. The van der Waals surface area contributed by atoms with E-state index in [1.807, 2.05) is 19.1 Å². The standard InChI is InChI=1S/C12H14O2/c1-3-6-12(13)14-11-8-5-7-10(4-2)9-11/h4-5,7-9H,2-3,6H2,1H3. The molecule has 0 aliphatic carbocycles. The van der Waals surface area contributed by atoms with Gasteiger partial charge in [-0.05, 0) is 24.1 Å². The zero-order valence-corrected chi connectivity index (χ0v) is 8.32. The summed E-state index contributed by atoms with van der Waals surface area (Å²) in [5, 5.41) is 0. The van der Waals surface area contributed by atoms with Crippen LogP contribution in [0, 0.1) is 0 Å². The van der Waals surface area contributed by atoms with Crippen LogP contribution in [0.2, 0.25) is 0 Å². The van der Waals surface area contributed by atoms with Gasteiger partial charge in [0.25, 0.3) is 0 Å². The third kappa shape index (κ3) is 3.05. The largest absolute Gasteiger partial charge is 0.427 e. The van der Waals surface area contributed by atoms with Crippen molar-refractivity contribution in [3.8, 4) is 5.75 Å². The fraction of sp³-hybridized carbons (Fsp3) is 0.250. The zero-order valence-electron chi connectivity index (χ0n) is 8.32. The quantitative estimate of drug-likeness (QED) is 0.539. The molecule has 0 N–H and O–H groups in total. The Bertz CT molecular complexity index is 329. The number of benzene rings is 1. The molecule has 0 fully saturated rings. The number of rotatable bonds is 4. The molecular formula is C12H14O2. The highest BCUT2D eigenvalue weighted by Crippen LogP contribution is 2.14. The van der Waals surface area contributed by atoms with Gasteiger partial charge in [-0.3, -0.25) is 4.79 Å². The van der Waals surface area contributed by atoms with Crippen LogP contribution in [0.5, 0.6) is 5.75 Å². The number of carbonyl (C=O) groups is 1. The SMILES string of the molecule is C=Cc1cccc(OC(=O)CCC)c1. The maximum Gasteiger partial charge on any atom is 0.311 e. The maximum absolute atomic E-state index is 11.2. The summed E-state index contributed by atoms with van der Waals surface area (Å²) in [4.78, 5) is 11.2. The first kappa shape index (κ1) is 10.5. The van der Waals surface area contributed by atoms with E-state index >= 15 is 0 Å². The Morgan fingerprint density at radius 2 is 2.36 bits per heavy atom. The highest BCUT2D eigenvalue weighted by Gasteiger charge is 2.02.